The molecule has 0 heterocycles. The maximum atomic E-state index is 12.4. The van der Waals surface area contributed by atoms with Crippen LogP contribution in [0.15, 0.2) is 30.3 Å². The van der Waals surface area contributed by atoms with Crippen LogP contribution < -0.4 is 10.5 Å². The topological polar surface area (TPSA) is 72.2 Å². The van der Waals surface area contributed by atoms with E-state index in [4.69, 9.17) is 5.73 Å². The van der Waals surface area contributed by atoms with Gasteiger partial charge in [0.25, 0.3) is 0 Å². The molecule has 2 rings (SSSR count). The molecule has 6 heteroatoms. The molecule has 1 fully saturated rings. The van der Waals surface area contributed by atoms with Gasteiger partial charge in [-0.05, 0) is 30.7 Å². The molecule has 22 heavy (non-hydrogen) atoms. The molecule has 1 aromatic carbocycles. The minimum Gasteiger partial charge on any atom is -0.329 e. The molecule has 2 atom stereocenters. The summed E-state index contributed by atoms with van der Waals surface area (Å²) in [5, 5.41) is 0. The molecular weight excluding hydrogens is 320 g/mol. The number of benzene rings is 1. The fraction of sp³-hybridized carbons (Fsp3) is 0.625. The Bertz CT molecular complexity index is 551. The summed E-state index contributed by atoms with van der Waals surface area (Å²) in [6, 6.07) is 9.71. The van der Waals surface area contributed by atoms with Crippen molar-refractivity contribution < 1.29 is 8.42 Å². The molecule has 126 valence electrons. The third kappa shape index (κ3) is 4.95. The Morgan fingerprint density at radius 1 is 1.27 bits per heavy atom. The molecule has 2 unspecified atom stereocenters. The normalized spacial score (nSPS) is 25.5. The first-order chi connectivity index (χ1) is 9.97. The van der Waals surface area contributed by atoms with E-state index in [0.29, 0.717) is 18.9 Å². The molecule has 0 amide bonds. The van der Waals surface area contributed by atoms with E-state index in [0.717, 1.165) is 31.2 Å². The Morgan fingerprint density at radius 3 is 2.55 bits per heavy atom. The number of nitrogens with two attached hydrogens (primary N) is 1. The van der Waals surface area contributed by atoms with Gasteiger partial charge in [0.2, 0.25) is 10.0 Å². The van der Waals surface area contributed by atoms with Crippen LogP contribution in [-0.4, -0.2) is 26.3 Å². The maximum absolute atomic E-state index is 12.4. The average molecular weight is 347 g/mol. The lowest BCUT2D eigenvalue weighted by Crippen LogP contribution is -2.59. The van der Waals surface area contributed by atoms with E-state index in [1.54, 1.807) is 0 Å². The molecule has 0 bridgehead atoms. The first-order valence-electron chi connectivity index (χ1n) is 7.73. The van der Waals surface area contributed by atoms with Crippen molar-refractivity contribution in [2.75, 3.05) is 12.3 Å². The first-order valence-corrected chi connectivity index (χ1v) is 9.38. The number of halogens is 1. The van der Waals surface area contributed by atoms with Crippen LogP contribution in [0.4, 0.5) is 0 Å². The Kier molecular flexibility index (Phi) is 7.32. The van der Waals surface area contributed by atoms with Gasteiger partial charge in [0.05, 0.1) is 5.75 Å². The van der Waals surface area contributed by atoms with Crippen molar-refractivity contribution in [1.29, 1.82) is 0 Å². The van der Waals surface area contributed by atoms with Crippen molar-refractivity contribution in [2.45, 2.75) is 44.6 Å². The summed E-state index contributed by atoms with van der Waals surface area (Å²) in [5.74, 6) is 0.411. The highest BCUT2D eigenvalue weighted by Gasteiger charge is 2.39. The second kappa shape index (κ2) is 8.29. The van der Waals surface area contributed by atoms with Crippen molar-refractivity contribution in [3.05, 3.63) is 35.9 Å². The molecule has 1 saturated carbocycles. The lowest BCUT2D eigenvalue weighted by molar-refractivity contribution is 0.191. The molecule has 3 N–H and O–H groups in total. The van der Waals surface area contributed by atoms with E-state index in [-0.39, 0.29) is 18.2 Å². The molecule has 1 aliphatic carbocycles. The molecule has 0 radical (unpaired) electrons. The van der Waals surface area contributed by atoms with Crippen LogP contribution in [0.25, 0.3) is 0 Å². The summed E-state index contributed by atoms with van der Waals surface area (Å²) in [6.45, 7) is 2.48. The Labute approximate surface area is 140 Å². The lowest BCUT2D eigenvalue weighted by Gasteiger charge is -2.42. The molecule has 1 aliphatic rings. The second-order valence-electron chi connectivity index (χ2n) is 6.16. The summed E-state index contributed by atoms with van der Waals surface area (Å²) in [4.78, 5) is 0. The Morgan fingerprint density at radius 2 is 1.95 bits per heavy atom. The summed E-state index contributed by atoms with van der Waals surface area (Å²) in [5.41, 5.74) is 6.51. The van der Waals surface area contributed by atoms with Gasteiger partial charge in [0, 0.05) is 12.1 Å². The zero-order valence-corrected chi connectivity index (χ0v) is 14.8. The molecule has 4 nitrogen and oxygen atoms in total. The van der Waals surface area contributed by atoms with Gasteiger partial charge in [-0.25, -0.2) is 13.1 Å². The Balaban J connectivity index is 0.00000242. The fourth-order valence-electron chi connectivity index (χ4n) is 3.17. The standard InChI is InChI=1S/C16H26N2O2S.ClH/c1-14-7-5-6-11-16(14,13-17)18-21(19,20)12-10-15-8-3-2-4-9-15;/h2-4,8-9,14,18H,5-7,10-13,17H2,1H3;1H. The SMILES string of the molecule is CC1CCCCC1(CN)NS(=O)(=O)CCc1ccccc1.Cl. The molecule has 0 aromatic heterocycles. The van der Waals surface area contributed by atoms with E-state index in [2.05, 4.69) is 11.6 Å². The molecule has 0 spiro atoms. The number of sulfonamides is 1. The average Bonchev–Trinajstić information content (AvgIpc) is 2.49. The highest BCUT2D eigenvalue weighted by atomic mass is 35.5. The zero-order valence-electron chi connectivity index (χ0n) is 13.1. The zero-order chi connectivity index (χ0) is 15.3. The predicted molar refractivity (Wildman–Crippen MR) is 93.7 cm³/mol. The number of hydrogen-bond acceptors (Lipinski definition) is 3. The lowest BCUT2D eigenvalue weighted by atomic mass is 9.74. The number of hydrogen-bond donors (Lipinski definition) is 2. The van der Waals surface area contributed by atoms with Crippen LogP contribution in [-0.2, 0) is 16.4 Å². The second-order valence-corrected chi connectivity index (χ2v) is 8.01. The maximum Gasteiger partial charge on any atom is 0.212 e. The monoisotopic (exact) mass is 346 g/mol. The van der Waals surface area contributed by atoms with Crippen LogP contribution in [0.5, 0.6) is 0 Å². The molecule has 1 aromatic rings. The minimum absolute atomic E-state index is 0. The van der Waals surface area contributed by atoms with E-state index in [9.17, 15) is 8.42 Å². The van der Waals surface area contributed by atoms with Gasteiger partial charge in [-0.1, -0.05) is 50.1 Å². The third-order valence-electron chi connectivity index (χ3n) is 4.68. The van der Waals surface area contributed by atoms with Gasteiger partial charge in [0.1, 0.15) is 0 Å². The van der Waals surface area contributed by atoms with Gasteiger partial charge in [-0.2, -0.15) is 0 Å². The fourth-order valence-corrected chi connectivity index (χ4v) is 4.78. The number of nitrogens with one attached hydrogen (secondary N) is 1. The largest absolute Gasteiger partial charge is 0.329 e. The van der Waals surface area contributed by atoms with E-state index < -0.39 is 15.6 Å². The van der Waals surface area contributed by atoms with Crippen LogP contribution in [0.1, 0.15) is 38.2 Å². The van der Waals surface area contributed by atoms with E-state index in [1.807, 2.05) is 30.3 Å². The van der Waals surface area contributed by atoms with E-state index in [1.165, 1.54) is 0 Å². The quantitative estimate of drug-likeness (QED) is 0.831. The predicted octanol–water partition coefficient (Wildman–Crippen LogP) is 2.48. The van der Waals surface area contributed by atoms with Crippen LogP contribution in [0.2, 0.25) is 0 Å². The highest BCUT2D eigenvalue weighted by molar-refractivity contribution is 7.89. The van der Waals surface area contributed by atoms with Gasteiger partial charge >= 0.3 is 0 Å². The minimum atomic E-state index is -3.31. The smallest absolute Gasteiger partial charge is 0.212 e. The Hall–Kier alpha value is -0.620. The van der Waals surface area contributed by atoms with Crippen molar-refractivity contribution >= 4 is 22.4 Å². The van der Waals surface area contributed by atoms with Gasteiger partial charge < -0.3 is 5.73 Å². The van der Waals surface area contributed by atoms with Crippen molar-refractivity contribution in [1.82, 2.24) is 4.72 Å². The summed E-state index contributed by atoms with van der Waals surface area (Å²) in [7, 11) is -3.31. The van der Waals surface area contributed by atoms with E-state index >= 15 is 0 Å². The number of rotatable bonds is 6. The summed E-state index contributed by atoms with van der Waals surface area (Å²) < 4.78 is 27.8. The molecule has 0 saturated heterocycles. The van der Waals surface area contributed by atoms with Crippen LogP contribution in [0.3, 0.4) is 0 Å². The third-order valence-corrected chi connectivity index (χ3v) is 6.14. The van der Waals surface area contributed by atoms with Gasteiger partial charge in [-0.3, -0.25) is 0 Å². The van der Waals surface area contributed by atoms with Crippen LogP contribution >= 0.6 is 12.4 Å². The molecule has 0 aliphatic heterocycles. The summed E-state index contributed by atoms with van der Waals surface area (Å²) in [6.07, 6.45) is 4.62. The van der Waals surface area contributed by atoms with Crippen LogP contribution in [0, 0.1) is 5.92 Å². The van der Waals surface area contributed by atoms with Crippen molar-refractivity contribution in [3.63, 3.8) is 0 Å². The van der Waals surface area contributed by atoms with Crippen molar-refractivity contribution in [3.8, 4) is 0 Å². The van der Waals surface area contributed by atoms with Gasteiger partial charge in [0.15, 0.2) is 0 Å². The van der Waals surface area contributed by atoms with Crippen molar-refractivity contribution in [2.24, 2.45) is 11.7 Å². The molecular formula is C16H27ClN2O2S. The summed E-state index contributed by atoms with van der Waals surface area (Å²) >= 11 is 0. The first kappa shape index (κ1) is 19.4. The number of aryl methyl sites for hydroxylation is 1. The highest BCUT2D eigenvalue weighted by Crippen LogP contribution is 2.33. The van der Waals surface area contributed by atoms with Gasteiger partial charge in [-0.15, -0.1) is 12.4 Å².